The Morgan fingerprint density at radius 1 is 1.53 bits per heavy atom. The predicted octanol–water partition coefficient (Wildman–Crippen LogP) is 0.853. The number of rotatable bonds is 4. The fourth-order valence-corrected chi connectivity index (χ4v) is 1.36. The van der Waals surface area contributed by atoms with E-state index < -0.39 is 6.09 Å². The Morgan fingerprint density at radius 2 is 2.29 bits per heavy atom. The molecule has 1 N–H and O–H groups in total. The molecule has 1 aliphatic heterocycles. The van der Waals surface area contributed by atoms with Crippen LogP contribution in [0.4, 0.5) is 4.79 Å². The number of carbonyl (C=O) groups is 2. The van der Waals surface area contributed by atoms with Crippen molar-refractivity contribution in [1.82, 2.24) is 10.2 Å². The van der Waals surface area contributed by atoms with Crippen LogP contribution in [0.1, 0.15) is 0 Å². The highest BCUT2D eigenvalue weighted by Crippen LogP contribution is 2.02. The third-order valence-corrected chi connectivity index (χ3v) is 2.25. The monoisotopic (exact) mass is 236 g/mol. The minimum absolute atomic E-state index is 0.0490. The van der Waals surface area contributed by atoms with Gasteiger partial charge in [0.1, 0.15) is 13.2 Å². The number of piperazine rings is 1. The minimum atomic E-state index is -0.489. The summed E-state index contributed by atoms with van der Waals surface area (Å²) in [6, 6.07) is 0. The Morgan fingerprint density at radius 3 is 2.88 bits per heavy atom. The van der Waals surface area contributed by atoms with Gasteiger partial charge in [0.15, 0.2) is 0 Å². The maximum Gasteiger partial charge on any atom is 0.410 e. The summed E-state index contributed by atoms with van der Waals surface area (Å²) in [5.74, 6) is -0.168. The molecule has 1 rings (SSSR count). The van der Waals surface area contributed by atoms with Gasteiger partial charge in [-0.25, -0.2) is 4.79 Å². The van der Waals surface area contributed by atoms with E-state index in [-0.39, 0.29) is 19.1 Å². The molecule has 0 atom stereocenters. The van der Waals surface area contributed by atoms with Gasteiger partial charge in [0.05, 0.1) is 0 Å². The Kier molecular flexibility index (Phi) is 5.00. The Labute approximate surface area is 100 Å². The quantitative estimate of drug-likeness (QED) is 0.736. The van der Waals surface area contributed by atoms with Gasteiger partial charge in [-0.05, 0) is 5.57 Å². The third-order valence-electron chi connectivity index (χ3n) is 2.25. The fraction of sp³-hybridized carbons (Fsp3) is 0.333. The Hall–Kier alpha value is -2.04. The van der Waals surface area contributed by atoms with E-state index in [0.29, 0.717) is 13.1 Å². The van der Waals surface area contributed by atoms with Gasteiger partial charge in [0, 0.05) is 13.1 Å². The third kappa shape index (κ3) is 4.14. The van der Waals surface area contributed by atoms with Crippen molar-refractivity contribution in [2.75, 3.05) is 26.2 Å². The summed E-state index contributed by atoms with van der Waals surface area (Å²) in [5, 5.41) is 2.63. The van der Waals surface area contributed by atoms with Gasteiger partial charge in [0.2, 0.25) is 5.91 Å². The molecule has 0 unspecified atom stereocenters. The largest absolute Gasteiger partial charge is 0.445 e. The van der Waals surface area contributed by atoms with Gasteiger partial charge in [-0.2, -0.15) is 0 Å². The van der Waals surface area contributed by atoms with Gasteiger partial charge >= 0.3 is 6.09 Å². The molecule has 1 fully saturated rings. The van der Waals surface area contributed by atoms with Crippen molar-refractivity contribution in [3.05, 3.63) is 37.0 Å². The number of nitrogens with one attached hydrogen (secondary N) is 1. The molecule has 0 aromatic heterocycles. The van der Waals surface area contributed by atoms with Crippen molar-refractivity contribution in [2.24, 2.45) is 0 Å². The topological polar surface area (TPSA) is 58.6 Å². The molecule has 0 aromatic rings. The zero-order chi connectivity index (χ0) is 12.7. The van der Waals surface area contributed by atoms with Crippen LogP contribution >= 0.6 is 0 Å². The molecule has 5 nitrogen and oxygen atoms in total. The summed E-state index contributed by atoms with van der Waals surface area (Å²) < 4.78 is 5.06. The number of amides is 2. The van der Waals surface area contributed by atoms with Gasteiger partial charge < -0.3 is 10.1 Å². The SMILES string of the molecule is C=C/C=C(\C=C)COC(=O)N1CCNC(=O)C1. The lowest BCUT2D eigenvalue weighted by Crippen LogP contribution is -2.50. The number of hydrogen-bond acceptors (Lipinski definition) is 3. The summed E-state index contributed by atoms with van der Waals surface area (Å²) in [7, 11) is 0. The first kappa shape index (κ1) is 13.0. The lowest BCUT2D eigenvalue weighted by atomic mass is 10.2. The molecule has 0 aliphatic carbocycles. The van der Waals surface area contributed by atoms with Gasteiger partial charge in [-0.15, -0.1) is 0 Å². The van der Waals surface area contributed by atoms with Crippen LogP contribution in [-0.4, -0.2) is 43.1 Å². The second kappa shape index (κ2) is 6.52. The average Bonchev–Trinajstić information content (AvgIpc) is 2.34. The molecule has 0 radical (unpaired) electrons. The molecule has 1 saturated heterocycles. The van der Waals surface area contributed by atoms with Gasteiger partial charge in [-0.1, -0.05) is 31.4 Å². The molecule has 0 spiro atoms. The van der Waals surface area contributed by atoms with Crippen molar-refractivity contribution >= 4 is 12.0 Å². The van der Waals surface area contributed by atoms with E-state index in [4.69, 9.17) is 4.74 Å². The first-order valence-electron chi connectivity index (χ1n) is 5.29. The Bertz CT molecular complexity index is 361. The highest BCUT2D eigenvalue weighted by atomic mass is 16.6. The molecular weight excluding hydrogens is 220 g/mol. The maximum atomic E-state index is 11.6. The molecule has 5 heteroatoms. The minimum Gasteiger partial charge on any atom is -0.445 e. The second-order valence-electron chi connectivity index (χ2n) is 3.51. The molecular formula is C12H16N2O3. The van der Waals surface area contributed by atoms with E-state index in [1.54, 1.807) is 18.2 Å². The van der Waals surface area contributed by atoms with Gasteiger partial charge in [0.25, 0.3) is 0 Å². The zero-order valence-electron chi connectivity index (χ0n) is 9.65. The first-order chi connectivity index (χ1) is 8.17. The van der Waals surface area contributed by atoms with E-state index in [1.165, 1.54) is 4.90 Å². The molecule has 17 heavy (non-hydrogen) atoms. The lowest BCUT2D eigenvalue weighted by Gasteiger charge is -2.25. The fourth-order valence-electron chi connectivity index (χ4n) is 1.36. The van der Waals surface area contributed by atoms with E-state index in [2.05, 4.69) is 18.5 Å². The van der Waals surface area contributed by atoms with Crippen molar-refractivity contribution in [2.45, 2.75) is 0 Å². The van der Waals surface area contributed by atoms with Crippen LogP contribution in [0.2, 0.25) is 0 Å². The second-order valence-corrected chi connectivity index (χ2v) is 3.51. The van der Waals surface area contributed by atoms with Crippen molar-refractivity contribution < 1.29 is 14.3 Å². The van der Waals surface area contributed by atoms with E-state index in [9.17, 15) is 9.59 Å². The molecule has 0 saturated carbocycles. The Balaban J connectivity index is 2.43. The zero-order valence-corrected chi connectivity index (χ0v) is 9.65. The molecule has 2 amide bonds. The summed E-state index contributed by atoms with van der Waals surface area (Å²) in [4.78, 5) is 24.0. The summed E-state index contributed by atoms with van der Waals surface area (Å²) in [6.07, 6.45) is 4.41. The van der Waals surface area contributed by atoms with Crippen molar-refractivity contribution in [3.63, 3.8) is 0 Å². The number of carbonyl (C=O) groups excluding carboxylic acids is 2. The smallest absolute Gasteiger partial charge is 0.410 e. The van der Waals surface area contributed by atoms with Gasteiger partial charge in [-0.3, -0.25) is 9.69 Å². The van der Waals surface area contributed by atoms with E-state index in [0.717, 1.165) is 5.57 Å². The van der Waals surface area contributed by atoms with Crippen molar-refractivity contribution in [3.8, 4) is 0 Å². The number of nitrogens with zero attached hydrogens (tertiary/aromatic N) is 1. The molecule has 1 aliphatic rings. The molecule has 1 heterocycles. The highest BCUT2D eigenvalue weighted by Gasteiger charge is 2.22. The molecule has 92 valence electrons. The van der Waals surface area contributed by atoms with Crippen LogP contribution in [-0.2, 0) is 9.53 Å². The van der Waals surface area contributed by atoms with Crippen LogP contribution in [0, 0.1) is 0 Å². The number of allylic oxidation sites excluding steroid dienone is 2. The summed E-state index contributed by atoms with van der Waals surface area (Å²) in [5.41, 5.74) is 0.759. The van der Waals surface area contributed by atoms with Crippen LogP contribution in [0.3, 0.4) is 0 Å². The molecule has 0 bridgehead atoms. The first-order valence-corrected chi connectivity index (χ1v) is 5.29. The van der Waals surface area contributed by atoms with E-state index in [1.807, 2.05) is 0 Å². The lowest BCUT2D eigenvalue weighted by molar-refractivity contribution is -0.123. The maximum absolute atomic E-state index is 11.6. The van der Waals surface area contributed by atoms with E-state index >= 15 is 0 Å². The van der Waals surface area contributed by atoms with Crippen molar-refractivity contribution in [1.29, 1.82) is 0 Å². The van der Waals surface area contributed by atoms with Crippen LogP contribution in [0.25, 0.3) is 0 Å². The number of ether oxygens (including phenoxy) is 1. The predicted molar refractivity (Wildman–Crippen MR) is 64.4 cm³/mol. The standard InChI is InChI=1S/C12H16N2O3/c1-3-5-10(4-2)9-17-12(16)14-7-6-13-11(15)8-14/h3-5H,1-2,6-9H2,(H,13,15)/b10-5+. The highest BCUT2D eigenvalue weighted by molar-refractivity contribution is 5.83. The number of hydrogen-bond donors (Lipinski definition) is 1. The van der Waals surface area contributed by atoms with Crippen LogP contribution in [0.15, 0.2) is 37.0 Å². The van der Waals surface area contributed by atoms with Crippen LogP contribution in [0.5, 0.6) is 0 Å². The average molecular weight is 236 g/mol. The molecule has 0 aromatic carbocycles. The van der Waals surface area contributed by atoms with Crippen LogP contribution < -0.4 is 5.32 Å². The summed E-state index contributed by atoms with van der Waals surface area (Å²) >= 11 is 0. The normalized spacial score (nSPS) is 16.1. The summed E-state index contributed by atoms with van der Waals surface area (Å²) in [6.45, 7) is 8.26.